The highest BCUT2D eigenvalue weighted by atomic mass is 35.5. The van der Waals surface area contributed by atoms with Crippen molar-refractivity contribution in [3.8, 4) is 0 Å². The molecule has 0 aliphatic heterocycles. The zero-order valence-corrected chi connectivity index (χ0v) is 6.75. The normalized spacial score (nSPS) is 10.7. The second-order valence-electron chi connectivity index (χ2n) is 2.04. The lowest BCUT2D eigenvalue weighted by Crippen LogP contribution is -1.92. The van der Waals surface area contributed by atoms with Gasteiger partial charge in [0.25, 0.3) is 0 Å². The first-order valence-electron chi connectivity index (χ1n) is 3.30. The van der Waals surface area contributed by atoms with E-state index in [-0.39, 0.29) is 0 Å². The van der Waals surface area contributed by atoms with Crippen molar-refractivity contribution in [1.82, 2.24) is 4.98 Å². The quantitative estimate of drug-likeness (QED) is 0.730. The summed E-state index contributed by atoms with van der Waals surface area (Å²) in [5.74, 6) is 0. The van der Waals surface area contributed by atoms with Gasteiger partial charge in [-0.05, 0) is 11.6 Å². The Labute approximate surface area is 70.7 Å². The maximum Gasteiger partial charge on any atom is 0.0661 e. The molecule has 0 amide bonds. The summed E-state index contributed by atoms with van der Waals surface area (Å²) in [5.41, 5.74) is 6.23. The average Bonchev–Trinajstić information content (AvgIpc) is 2.03. The van der Waals surface area contributed by atoms with Gasteiger partial charge < -0.3 is 5.73 Å². The van der Waals surface area contributed by atoms with Crippen molar-refractivity contribution in [2.75, 3.05) is 6.54 Å². The van der Waals surface area contributed by atoms with Crippen LogP contribution < -0.4 is 5.73 Å². The summed E-state index contributed by atoms with van der Waals surface area (Å²) in [7, 11) is 0. The molecule has 0 fully saturated rings. The van der Waals surface area contributed by atoms with E-state index in [4.69, 9.17) is 17.3 Å². The maximum atomic E-state index is 5.81. The summed E-state index contributed by atoms with van der Waals surface area (Å²) >= 11 is 5.81. The van der Waals surface area contributed by atoms with E-state index in [1.54, 1.807) is 12.4 Å². The monoisotopic (exact) mass is 168 g/mol. The molecule has 0 saturated carbocycles. The molecule has 3 heteroatoms. The SMILES string of the molecule is NC/C=C/c1ccncc1Cl. The number of pyridine rings is 1. The van der Waals surface area contributed by atoms with Crippen LogP contribution in [0, 0.1) is 0 Å². The number of nitrogens with zero attached hydrogens (tertiary/aromatic N) is 1. The highest BCUT2D eigenvalue weighted by molar-refractivity contribution is 6.31. The largest absolute Gasteiger partial charge is 0.327 e. The van der Waals surface area contributed by atoms with Gasteiger partial charge >= 0.3 is 0 Å². The van der Waals surface area contributed by atoms with Gasteiger partial charge in [-0.3, -0.25) is 4.98 Å². The van der Waals surface area contributed by atoms with Gasteiger partial charge in [0.1, 0.15) is 0 Å². The van der Waals surface area contributed by atoms with Crippen LogP contribution in [0.15, 0.2) is 24.5 Å². The molecule has 1 aromatic rings. The van der Waals surface area contributed by atoms with Crippen molar-refractivity contribution in [2.24, 2.45) is 5.73 Å². The fourth-order valence-electron chi connectivity index (χ4n) is 0.716. The standard InChI is InChI=1S/C8H9ClN2/c9-8-6-11-5-3-7(8)2-1-4-10/h1-3,5-6H,4,10H2/b2-1+. The van der Waals surface area contributed by atoms with Crippen molar-refractivity contribution < 1.29 is 0 Å². The molecule has 2 N–H and O–H groups in total. The minimum Gasteiger partial charge on any atom is -0.327 e. The van der Waals surface area contributed by atoms with Crippen molar-refractivity contribution in [3.05, 3.63) is 35.1 Å². The Morgan fingerprint density at radius 1 is 1.64 bits per heavy atom. The predicted molar refractivity (Wildman–Crippen MR) is 47.3 cm³/mol. The molecule has 58 valence electrons. The molecule has 0 saturated heterocycles. The fraction of sp³-hybridized carbons (Fsp3) is 0.125. The van der Waals surface area contributed by atoms with E-state index in [2.05, 4.69) is 4.98 Å². The molecular weight excluding hydrogens is 160 g/mol. The summed E-state index contributed by atoms with van der Waals surface area (Å²) in [5, 5.41) is 0.650. The minimum absolute atomic E-state index is 0.526. The Morgan fingerprint density at radius 3 is 3.09 bits per heavy atom. The Morgan fingerprint density at radius 2 is 2.45 bits per heavy atom. The van der Waals surface area contributed by atoms with E-state index in [0.29, 0.717) is 11.6 Å². The summed E-state index contributed by atoms with van der Waals surface area (Å²) in [6, 6.07) is 1.84. The smallest absolute Gasteiger partial charge is 0.0661 e. The zero-order valence-electron chi connectivity index (χ0n) is 6.00. The van der Waals surface area contributed by atoms with Gasteiger partial charge in [0, 0.05) is 18.9 Å². The summed E-state index contributed by atoms with van der Waals surface area (Å²) in [6.45, 7) is 0.526. The third-order valence-corrected chi connectivity index (χ3v) is 1.55. The number of hydrogen-bond acceptors (Lipinski definition) is 2. The number of halogens is 1. The van der Waals surface area contributed by atoms with Gasteiger partial charge in [-0.1, -0.05) is 23.8 Å². The summed E-state index contributed by atoms with van der Waals surface area (Å²) < 4.78 is 0. The molecule has 0 aliphatic carbocycles. The van der Waals surface area contributed by atoms with Crippen LogP contribution in [0.1, 0.15) is 5.56 Å². The van der Waals surface area contributed by atoms with Crippen LogP contribution in [0.4, 0.5) is 0 Å². The molecule has 0 radical (unpaired) electrons. The van der Waals surface area contributed by atoms with E-state index >= 15 is 0 Å². The van der Waals surface area contributed by atoms with E-state index in [0.717, 1.165) is 5.56 Å². The molecule has 0 aliphatic rings. The lowest BCUT2D eigenvalue weighted by atomic mass is 10.2. The number of aromatic nitrogens is 1. The first-order valence-corrected chi connectivity index (χ1v) is 3.68. The van der Waals surface area contributed by atoms with Gasteiger partial charge in [-0.2, -0.15) is 0 Å². The second-order valence-corrected chi connectivity index (χ2v) is 2.44. The van der Waals surface area contributed by atoms with Crippen LogP contribution >= 0.6 is 11.6 Å². The second kappa shape index (κ2) is 4.11. The summed E-state index contributed by atoms with van der Waals surface area (Å²) in [6.07, 6.45) is 7.03. The van der Waals surface area contributed by atoms with Crippen molar-refractivity contribution in [3.63, 3.8) is 0 Å². The Hall–Kier alpha value is -0.860. The Kier molecular flexibility index (Phi) is 3.08. The molecule has 2 nitrogen and oxygen atoms in total. The van der Waals surface area contributed by atoms with E-state index in [1.807, 2.05) is 18.2 Å². The third kappa shape index (κ3) is 2.33. The van der Waals surface area contributed by atoms with Crippen LogP contribution in [0.25, 0.3) is 6.08 Å². The van der Waals surface area contributed by atoms with E-state index < -0.39 is 0 Å². The molecule has 0 bridgehead atoms. The van der Waals surface area contributed by atoms with Gasteiger partial charge in [0.2, 0.25) is 0 Å². The highest BCUT2D eigenvalue weighted by Gasteiger charge is 1.92. The average molecular weight is 169 g/mol. The highest BCUT2D eigenvalue weighted by Crippen LogP contribution is 2.14. The van der Waals surface area contributed by atoms with Gasteiger partial charge in [-0.25, -0.2) is 0 Å². The molecule has 1 aromatic heterocycles. The van der Waals surface area contributed by atoms with Crippen molar-refractivity contribution in [1.29, 1.82) is 0 Å². The van der Waals surface area contributed by atoms with Crippen molar-refractivity contribution >= 4 is 17.7 Å². The van der Waals surface area contributed by atoms with Gasteiger partial charge in [0.05, 0.1) is 5.02 Å². The first-order chi connectivity index (χ1) is 5.34. The first kappa shape index (κ1) is 8.24. The lowest BCUT2D eigenvalue weighted by Gasteiger charge is -1.94. The fourth-order valence-corrected chi connectivity index (χ4v) is 0.898. The van der Waals surface area contributed by atoms with E-state index in [1.165, 1.54) is 0 Å². The molecule has 11 heavy (non-hydrogen) atoms. The van der Waals surface area contributed by atoms with Crippen LogP contribution in [-0.2, 0) is 0 Å². The molecule has 1 rings (SSSR count). The number of nitrogens with two attached hydrogens (primary N) is 1. The van der Waals surface area contributed by atoms with E-state index in [9.17, 15) is 0 Å². The Balaban J connectivity index is 2.86. The van der Waals surface area contributed by atoms with Crippen LogP contribution in [-0.4, -0.2) is 11.5 Å². The third-order valence-electron chi connectivity index (χ3n) is 1.24. The van der Waals surface area contributed by atoms with Crippen LogP contribution in [0.2, 0.25) is 5.02 Å². The minimum atomic E-state index is 0.526. The molecule has 0 aromatic carbocycles. The summed E-state index contributed by atoms with van der Waals surface area (Å²) in [4.78, 5) is 3.86. The molecule has 0 atom stereocenters. The lowest BCUT2D eigenvalue weighted by molar-refractivity contribution is 1.26. The topological polar surface area (TPSA) is 38.9 Å². The van der Waals surface area contributed by atoms with Crippen molar-refractivity contribution in [2.45, 2.75) is 0 Å². The van der Waals surface area contributed by atoms with Crippen LogP contribution in [0.3, 0.4) is 0 Å². The molecule has 1 heterocycles. The number of rotatable bonds is 2. The molecular formula is C8H9ClN2. The zero-order chi connectivity index (χ0) is 8.10. The van der Waals surface area contributed by atoms with Crippen LogP contribution in [0.5, 0.6) is 0 Å². The number of hydrogen-bond donors (Lipinski definition) is 1. The molecule has 0 spiro atoms. The maximum absolute atomic E-state index is 5.81. The molecule has 0 unspecified atom stereocenters. The van der Waals surface area contributed by atoms with Gasteiger partial charge in [0.15, 0.2) is 0 Å². The van der Waals surface area contributed by atoms with Gasteiger partial charge in [-0.15, -0.1) is 0 Å². The Bertz CT molecular complexity index is 258. The predicted octanol–water partition coefficient (Wildman–Crippen LogP) is 1.71.